The number of rotatable bonds is 5. The van der Waals surface area contributed by atoms with E-state index in [0.29, 0.717) is 13.1 Å². The van der Waals surface area contributed by atoms with Crippen LogP contribution in [0, 0.1) is 5.82 Å². The van der Waals surface area contributed by atoms with Crippen molar-refractivity contribution in [1.29, 1.82) is 0 Å². The highest BCUT2D eigenvalue weighted by Gasteiger charge is 2.25. The van der Waals surface area contributed by atoms with E-state index in [1.54, 1.807) is 11.8 Å². The topological polar surface area (TPSA) is 63.4 Å². The number of nitrogen functional groups attached to an aromatic ring is 1. The number of nitrogens with two attached hydrogens (primary N) is 1. The minimum atomic E-state index is -1.61. The molecule has 0 saturated heterocycles. The van der Waals surface area contributed by atoms with E-state index in [2.05, 4.69) is 0 Å². The van der Waals surface area contributed by atoms with Crippen LogP contribution in [0.5, 0.6) is 0 Å². The average molecular weight is 286 g/mol. The van der Waals surface area contributed by atoms with Crippen molar-refractivity contribution in [3.05, 3.63) is 24.0 Å². The molecule has 0 bridgehead atoms. The van der Waals surface area contributed by atoms with Crippen LogP contribution < -0.4 is 5.73 Å². The number of carbonyl (C=O) groups is 1. The minimum absolute atomic E-state index is 0.200. The molecule has 0 aliphatic rings. The van der Waals surface area contributed by atoms with Crippen LogP contribution in [0.2, 0.25) is 0 Å². The second-order valence-corrected chi connectivity index (χ2v) is 5.94. The van der Waals surface area contributed by atoms with E-state index in [1.807, 2.05) is 13.8 Å². The number of amides is 1. The summed E-state index contributed by atoms with van der Waals surface area (Å²) in [7, 11) is -1.61. The molecule has 2 atom stereocenters. The fourth-order valence-electron chi connectivity index (χ4n) is 1.79. The fourth-order valence-corrected chi connectivity index (χ4v) is 3.01. The lowest BCUT2D eigenvalue weighted by atomic mass is 10.3. The molecule has 106 valence electrons. The second-order valence-electron chi connectivity index (χ2n) is 4.17. The SMILES string of the molecule is CCN(CC)C(=O)C(C)S(=O)c1cc(N)cc(F)c1. The number of hydrogen-bond donors (Lipinski definition) is 1. The molecular formula is C13H19FN2O2S. The predicted octanol–water partition coefficient (Wildman–Crippen LogP) is 1.77. The smallest absolute Gasteiger partial charge is 0.238 e. The van der Waals surface area contributed by atoms with Gasteiger partial charge in [-0.1, -0.05) is 0 Å². The lowest BCUT2D eigenvalue weighted by molar-refractivity contribution is -0.129. The molecule has 6 heteroatoms. The molecule has 0 saturated carbocycles. The Morgan fingerprint density at radius 3 is 2.42 bits per heavy atom. The van der Waals surface area contributed by atoms with Gasteiger partial charge in [0.25, 0.3) is 0 Å². The van der Waals surface area contributed by atoms with Crippen LogP contribution in [0.1, 0.15) is 20.8 Å². The van der Waals surface area contributed by atoms with E-state index in [0.717, 1.165) is 12.1 Å². The summed E-state index contributed by atoms with van der Waals surface area (Å²) in [5, 5.41) is -0.721. The molecule has 0 heterocycles. The molecule has 1 aromatic rings. The quantitative estimate of drug-likeness (QED) is 0.839. The molecule has 1 aromatic carbocycles. The third kappa shape index (κ3) is 3.76. The third-order valence-corrected chi connectivity index (χ3v) is 4.41. The first kappa shape index (κ1) is 15.6. The first-order valence-electron chi connectivity index (χ1n) is 6.16. The van der Waals surface area contributed by atoms with Gasteiger partial charge in [0.2, 0.25) is 5.91 Å². The highest BCUT2D eigenvalue weighted by molar-refractivity contribution is 7.86. The zero-order valence-electron chi connectivity index (χ0n) is 11.4. The third-order valence-electron chi connectivity index (χ3n) is 2.87. The molecule has 0 aromatic heterocycles. The highest BCUT2D eigenvalue weighted by Crippen LogP contribution is 2.18. The Morgan fingerprint density at radius 1 is 1.37 bits per heavy atom. The molecule has 0 spiro atoms. The molecule has 1 rings (SSSR count). The fraction of sp³-hybridized carbons (Fsp3) is 0.462. The van der Waals surface area contributed by atoms with Gasteiger partial charge in [-0.15, -0.1) is 0 Å². The van der Waals surface area contributed by atoms with Crippen LogP contribution >= 0.6 is 0 Å². The van der Waals surface area contributed by atoms with Crippen molar-refractivity contribution in [2.75, 3.05) is 18.8 Å². The van der Waals surface area contributed by atoms with Gasteiger partial charge >= 0.3 is 0 Å². The number of hydrogen-bond acceptors (Lipinski definition) is 3. The first-order chi connectivity index (χ1) is 8.90. The molecule has 2 unspecified atom stereocenters. The van der Waals surface area contributed by atoms with Gasteiger partial charge in [-0.2, -0.15) is 0 Å². The Hall–Kier alpha value is -1.43. The van der Waals surface area contributed by atoms with Gasteiger partial charge in [0.1, 0.15) is 11.1 Å². The van der Waals surface area contributed by atoms with Crippen molar-refractivity contribution in [2.24, 2.45) is 0 Å². The van der Waals surface area contributed by atoms with Crippen LogP contribution in [-0.2, 0) is 15.6 Å². The van der Waals surface area contributed by atoms with E-state index < -0.39 is 21.9 Å². The van der Waals surface area contributed by atoms with Gasteiger partial charge in [-0.3, -0.25) is 9.00 Å². The molecule has 0 aliphatic heterocycles. The Balaban J connectivity index is 2.96. The summed E-state index contributed by atoms with van der Waals surface area (Å²) in [5.74, 6) is -0.753. The molecule has 19 heavy (non-hydrogen) atoms. The van der Waals surface area contributed by atoms with Crippen LogP contribution in [0.4, 0.5) is 10.1 Å². The Labute approximate surface area is 115 Å². The second kappa shape index (κ2) is 6.65. The van der Waals surface area contributed by atoms with Crippen LogP contribution in [0.25, 0.3) is 0 Å². The Bertz CT molecular complexity index is 469. The summed E-state index contributed by atoms with van der Waals surface area (Å²) >= 11 is 0. The van der Waals surface area contributed by atoms with Gasteiger partial charge in [-0.25, -0.2) is 4.39 Å². The zero-order valence-corrected chi connectivity index (χ0v) is 12.2. The Morgan fingerprint density at radius 2 is 1.95 bits per heavy atom. The maximum Gasteiger partial charge on any atom is 0.238 e. The lowest BCUT2D eigenvalue weighted by Gasteiger charge is -2.22. The summed E-state index contributed by atoms with van der Waals surface area (Å²) in [4.78, 5) is 13.9. The molecule has 1 amide bonds. The van der Waals surface area contributed by atoms with E-state index in [4.69, 9.17) is 5.73 Å². The molecule has 0 fully saturated rings. The van der Waals surface area contributed by atoms with Crippen LogP contribution in [0.3, 0.4) is 0 Å². The van der Waals surface area contributed by atoms with E-state index >= 15 is 0 Å². The highest BCUT2D eigenvalue weighted by atomic mass is 32.2. The van der Waals surface area contributed by atoms with Crippen molar-refractivity contribution in [3.63, 3.8) is 0 Å². The van der Waals surface area contributed by atoms with Gasteiger partial charge in [0.15, 0.2) is 0 Å². The average Bonchev–Trinajstić information content (AvgIpc) is 2.37. The lowest BCUT2D eigenvalue weighted by Crippen LogP contribution is -2.39. The van der Waals surface area contributed by atoms with Crippen molar-refractivity contribution in [1.82, 2.24) is 4.90 Å². The Kier molecular flexibility index (Phi) is 5.47. The van der Waals surface area contributed by atoms with Crippen LogP contribution in [-0.4, -0.2) is 33.4 Å². The number of halogens is 1. The maximum atomic E-state index is 13.2. The molecule has 4 nitrogen and oxygen atoms in total. The number of benzene rings is 1. The largest absolute Gasteiger partial charge is 0.399 e. The van der Waals surface area contributed by atoms with E-state index in [-0.39, 0.29) is 16.5 Å². The van der Waals surface area contributed by atoms with Gasteiger partial charge in [0, 0.05) is 23.7 Å². The normalized spacial score (nSPS) is 13.9. The van der Waals surface area contributed by atoms with E-state index in [9.17, 15) is 13.4 Å². The molecular weight excluding hydrogens is 267 g/mol. The number of carbonyl (C=O) groups excluding carboxylic acids is 1. The summed E-state index contributed by atoms with van der Waals surface area (Å²) in [6, 6.07) is 3.74. The summed E-state index contributed by atoms with van der Waals surface area (Å²) in [5.41, 5.74) is 5.72. The maximum absolute atomic E-state index is 13.2. The summed E-state index contributed by atoms with van der Waals surface area (Å²) in [6.45, 7) is 6.41. The van der Waals surface area contributed by atoms with Gasteiger partial charge < -0.3 is 10.6 Å². The van der Waals surface area contributed by atoms with Crippen molar-refractivity contribution < 1.29 is 13.4 Å². The zero-order chi connectivity index (χ0) is 14.6. The summed E-state index contributed by atoms with van der Waals surface area (Å²) in [6.07, 6.45) is 0. The van der Waals surface area contributed by atoms with Crippen molar-refractivity contribution >= 4 is 22.4 Å². The number of anilines is 1. The predicted molar refractivity (Wildman–Crippen MR) is 74.6 cm³/mol. The standard InChI is InChI=1S/C13H19FN2O2S/c1-4-16(5-2)13(17)9(3)19(18)12-7-10(14)6-11(15)8-12/h6-9H,4-5,15H2,1-3H3. The van der Waals surface area contributed by atoms with E-state index in [1.165, 1.54) is 6.07 Å². The van der Waals surface area contributed by atoms with Crippen molar-refractivity contribution in [3.8, 4) is 0 Å². The van der Waals surface area contributed by atoms with Gasteiger partial charge in [0.05, 0.1) is 10.8 Å². The minimum Gasteiger partial charge on any atom is -0.399 e. The molecule has 0 aliphatic carbocycles. The van der Waals surface area contributed by atoms with Crippen LogP contribution in [0.15, 0.2) is 23.1 Å². The first-order valence-corrected chi connectivity index (χ1v) is 7.37. The summed E-state index contributed by atoms with van der Waals surface area (Å²) < 4.78 is 25.5. The molecule has 0 radical (unpaired) electrons. The number of nitrogens with zero attached hydrogens (tertiary/aromatic N) is 1. The van der Waals surface area contributed by atoms with Gasteiger partial charge in [-0.05, 0) is 39.0 Å². The monoisotopic (exact) mass is 286 g/mol. The molecule has 2 N–H and O–H groups in total. The van der Waals surface area contributed by atoms with Crippen molar-refractivity contribution in [2.45, 2.75) is 30.9 Å².